The van der Waals surface area contributed by atoms with Gasteiger partial charge in [-0.15, -0.1) is 0 Å². The SMILES string of the molecule is CC(C)(C)OC(=O)N1CCCCC1c1cccnc1Br. The Morgan fingerprint density at radius 2 is 2.20 bits per heavy atom. The Morgan fingerprint density at radius 3 is 2.85 bits per heavy atom. The van der Waals surface area contributed by atoms with Crippen LogP contribution < -0.4 is 0 Å². The molecule has 110 valence electrons. The molecule has 5 heteroatoms. The van der Waals surface area contributed by atoms with Crippen LogP contribution in [0.1, 0.15) is 51.6 Å². The van der Waals surface area contributed by atoms with Gasteiger partial charge in [-0.25, -0.2) is 9.78 Å². The smallest absolute Gasteiger partial charge is 0.410 e. The second-order valence-corrected chi connectivity index (χ2v) is 6.82. The number of rotatable bonds is 1. The molecule has 0 spiro atoms. The zero-order valence-corrected chi connectivity index (χ0v) is 13.8. The molecule has 2 rings (SSSR count). The van der Waals surface area contributed by atoms with Crippen molar-refractivity contribution in [3.8, 4) is 0 Å². The minimum atomic E-state index is -0.467. The fourth-order valence-corrected chi connectivity index (χ4v) is 2.96. The molecule has 0 aliphatic carbocycles. The topological polar surface area (TPSA) is 42.4 Å². The highest BCUT2D eigenvalue weighted by Crippen LogP contribution is 2.34. The Kier molecular flexibility index (Phi) is 4.68. The number of nitrogens with zero attached hydrogens (tertiary/aromatic N) is 2. The molecule has 4 nitrogen and oxygen atoms in total. The number of hydrogen-bond donors (Lipinski definition) is 0. The van der Waals surface area contributed by atoms with Crippen LogP contribution in [0.3, 0.4) is 0 Å². The third kappa shape index (κ3) is 3.72. The number of pyridine rings is 1. The highest BCUT2D eigenvalue weighted by Gasteiger charge is 2.32. The van der Waals surface area contributed by atoms with Crippen molar-refractivity contribution in [1.29, 1.82) is 0 Å². The number of aromatic nitrogens is 1. The lowest BCUT2D eigenvalue weighted by molar-refractivity contribution is 0.00939. The molecular weight excluding hydrogens is 320 g/mol. The first-order valence-corrected chi connectivity index (χ1v) is 7.78. The minimum absolute atomic E-state index is 0.0432. The Morgan fingerprint density at radius 1 is 1.45 bits per heavy atom. The van der Waals surface area contributed by atoms with Crippen LogP contribution in [-0.2, 0) is 4.74 Å². The van der Waals surface area contributed by atoms with E-state index in [0.717, 1.165) is 36.0 Å². The summed E-state index contributed by atoms with van der Waals surface area (Å²) in [5.41, 5.74) is 0.587. The van der Waals surface area contributed by atoms with Crippen molar-refractivity contribution in [1.82, 2.24) is 9.88 Å². The lowest BCUT2D eigenvalue weighted by Gasteiger charge is -2.37. The van der Waals surface area contributed by atoms with Crippen molar-refractivity contribution in [2.75, 3.05) is 6.54 Å². The van der Waals surface area contributed by atoms with Gasteiger partial charge in [0.05, 0.1) is 6.04 Å². The number of likely N-dealkylation sites (tertiary alicyclic amines) is 1. The van der Waals surface area contributed by atoms with Crippen molar-refractivity contribution in [2.24, 2.45) is 0 Å². The molecule has 0 N–H and O–H groups in total. The van der Waals surface area contributed by atoms with Gasteiger partial charge in [-0.05, 0) is 62.0 Å². The molecular formula is C15H21BrN2O2. The Balaban J connectivity index is 2.22. The van der Waals surface area contributed by atoms with E-state index in [1.165, 1.54) is 0 Å². The maximum absolute atomic E-state index is 12.4. The van der Waals surface area contributed by atoms with Crippen molar-refractivity contribution in [3.63, 3.8) is 0 Å². The fourth-order valence-electron chi connectivity index (χ4n) is 2.44. The van der Waals surface area contributed by atoms with E-state index in [1.807, 2.05) is 37.8 Å². The van der Waals surface area contributed by atoms with Gasteiger partial charge in [0, 0.05) is 18.3 Å². The summed E-state index contributed by atoms with van der Waals surface area (Å²) in [6.07, 6.45) is 4.59. The summed E-state index contributed by atoms with van der Waals surface area (Å²) in [4.78, 5) is 18.5. The van der Waals surface area contributed by atoms with E-state index in [4.69, 9.17) is 4.74 Å². The molecule has 0 aromatic carbocycles. The van der Waals surface area contributed by atoms with E-state index in [2.05, 4.69) is 20.9 Å². The second kappa shape index (κ2) is 6.12. The van der Waals surface area contributed by atoms with Gasteiger partial charge in [-0.2, -0.15) is 0 Å². The average molecular weight is 341 g/mol. The quantitative estimate of drug-likeness (QED) is 0.715. The third-order valence-electron chi connectivity index (χ3n) is 3.28. The van der Waals surface area contributed by atoms with Crippen molar-refractivity contribution in [3.05, 3.63) is 28.5 Å². The molecule has 0 saturated carbocycles. The van der Waals surface area contributed by atoms with Gasteiger partial charge in [0.1, 0.15) is 10.2 Å². The fraction of sp³-hybridized carbons (Fsp3) is 0.600. The Labute approximate surface area is 128 Å². The van der Waals surface area contributed by atoms with Gasteiger partial charge < -0.3 is 9.64 Å². The van der Waals surface area contributed by atoms with Crippen molar-refractivity contribution in [2.45, 2.75) is 51.7 Å². The predicted molar refractivity (Wildman–Crippen MR) is 81.5 cm³/mol. The number of amides is 1. The molecule has 1 aliphatic rings. The lowest BCUT2D eigenvalue weighted by Crippen LogP contribution is -2.42. The second-order valence-electron chi connectivity index (χ2n) is 6.07. The van der Waals surface area contributed by atoms with Crippen LogP contribution in [0.4, 0.5) is 4.79 Å². The average Bonchev–Trinajstić information content (AvgIpc) is 2.37. The minimum Gasteiger partial charge on any atom is -0.444 e. The van der Waals surface area contributed by atoms with Gasteiger partial charge in [0.25, 0.3) is 0 Å². The Bertz CT molecular complexity index is 485. The van der Waals surface area contributed by atoms with Gasteiger partial charge in [-0.3, -0.25) is 0 Å². The summed E-state index contributed by atoms with van der Waals surface area (Å²) in [7, 11) is 0. The van der Waals surface area contributed by atoms with Crippen LogP contribution in [0.2, 0.25) is 0 Å². The summed E-state index contributed by atoms with van der Waals surface area (Å²) in [5, 5.41) is 0. The van der Waals surface area contributed by atoms with Gasteiger partial charge in [-0.1, -0.05) is 6.07 Å². The molecule has 1 unspecified atom stereocenters. The first kappa shape index (κ1) is 15.3. The zero-order chi connectivity index (χ0) is 14.8. The molecule has 20 heavy (non-hydrogen) atoms. The number of carbonyl (C=O) groups excluding carboxylic acids is 1. The number of halogens is 1. The number of ether oxygens (including phenoxy) is 1. The first-order valence-electron chi connectivity index (χ1n) is 6.98. The molecule has 1 aromatic heterocycles. The number of piperidine rings is 1. The summed E-state index contributed by atoms with van der Waals surface area (Å²) < 4.78 is 6.33. The standard InChI is InChI=1S/C15H21BrN2O2/c1-15(2,3)20-14(19)18-10-5-4-8-12(18)11-7-6-9-17-13(11)16/h6-7,9,12H,4-5,8,10H2,1-3H3. The van der Waals surface area contributed by atoms with E-state index in [-0.39, 0.29) is 12.1 Å². The van der Waals surface area contributed by atoms with E-state index in [0.29, 0.717) is 0 Å². The van der Waals surface area contributed by atoms with E-state index in [9.17, 15) is 4.79 Å². The largest absolute Gasteiger partial charge is 0.444 e. The maximum Gasteiger partial charge on any atom is 0.410 e. The maximum atomic E-state index is 12.4. The van der Waals surface area contributed by atoms with Crippen LogP contribution in [-0.4, -0.2) is 28.1 Å². The van der Waals surface area contributed by atoms with Crippen LogP contribution in [0, 0.1) is 0 Å². The predicted octanol–water partition coefficient (Wildman–Crippen LogP) is 4.31. The first-order chi connectivity index (χ1) is 9.38. The highest BCUT2D eigenvalue weighted by molar-refractivity contribution is 9.10. The van der Waals surface area contributed by atoms with Crippen molar-refractivity contribution >= 4 is 22.0 Å². The van der Waals surface area contributed by atoms with Crippen LogP contribution >= 0.6 is 15.9 Å². The highest BCUT2D eigenvalue weighted by atomic mass is 79.9. The molecule has 1 aliphatic heterocycles. The molecule has 1 aromatic rings. The molecule has 1 fully saturated rings. The summed E-state index contributed by atoms with van der Waals surface area (Å²) >= 11 is 3.48. The van der Waals surface area contributed by atoms with Gasteiger partial charge in [0.15, 0.2) is 0 Å². The van der Waals surface area contributed by atoms with E-state index in [1.54, 1.807) is 6.20 Å². The normalized spacial score (nSPS) is 19.8. The third-order valence-corrected chi connectivity index (χ3v) is 3.94. The molecule has 1 amide bonds. The number of carbonyl (C=O) groups is 1. The van der Waals surface area contributed by atoms with Crippen LogP contribution in [0.5, 0.6) is 0 Å². The molecule has 0 bridgehead atoms. The molecule has 0 radical (unpaired) electrons. The van der Waals surface area contributed by atoms with Crippen molar-refractivity contribution < 1.29 is 9.53 Å². The zero-order valence-electron chi connectivity index (χ0n) is 12.2. The molecule has 1 atom stereocenters. The van der Waals surface area contributed by atoms with Crippen LogP contribution in [0.15, 0.2) is 22.9 Å². The van der Waals surface area contributed by atoms with Crippen LogP contribution in [0.25, 0.3) is 0 Å². The monoisotopic (exact) mass is 340 g/mol. The summed E-state index contributed by atoms with van der Waals surface area (Å²) in [6.45, 7) is 6.42. The van der Waals surface area contributed by atoms with Gasteiger partial charge >= 0.3 is 6.09 Å². The summed E-state index contributed by atoms with van der Waals surface area (Å²) in [6, 6.07) is 3.97. The number of hydrogen-bond acceptors (Lipinski definition) is 3. The van der Waals surface area contributed by atoms with Gasteiger partial charge in [0.2, 0.25) is 0 Å². The molecule has 1 saturated heterocycles. The molecule has 2 heterocycles. The lowest BCUT2D eigenvalue weighted by atomic mass is 9.97. The van der Waals surface area contributed by atoms with E-state index >= 15 is 0 Å². The van der Waals surface area contributed by atoms with E-state index < -0.39 is 5.60 Å². The Hall–Kier alpha value is -1.10. The summed E-state index contributed by atoms with van der Waals surface area (Å²) in [5.74, 6) is 0.